The SMILES string of the molecule is COc1cc2c(cc1OC)C(=N)[C@H](C(=O)O)N2. The number of benzene rings is 1. The van der Waals surface area contributed by atoms with Crippen LogP contribution in [-0.2, 0) is 4.79 Å². The maximum absolute atomic E-state index is 10.9. The molecule has 0 spiro atoms. The Bertz CT molecular complexity index is 498. The molecule has 3 N–H and O–H groups in total. The molecule has 0 saturated carbocycles. The number of ether oxygens (including phenoxy) is 2. The summed E-state index contributed by atoms with van der Waals surface area (Å²) in [5, 5.41) is 19.5. The smallest absolute Gasteiger partial charge is 0.332 e. The Morgan fingerprint density at radius 3 is 2.47 bits per heavy atom. The highest BCUT2D eigenvalue weighted by molar-refractivity contribution is 6.21. The van der Waals surface area contributed by atoms with E-state index in [1.165, 1.54) is 14.2 Å². The van der Waals surface area contributed by atoms with Crippen molar-refractivity contribution in [1.29, 1.82) is 5.41 Å². The third kappa shape index (κ3) is 1.67. The van der Waals surface area contributed by atoms with Crippen molar-refractivity contribution >= 4 is 17.4 Å². The second kappa shape index (κ2) is 3.97. The van der Waals surface area contributed by atoms with Gasteiger partial charge in [-0.2, -0.15) is 0 Å². The first-order chi connectivity index (χ1) is 8.08. The minimum Gasteiger partial charge on any atom is -0.493 e. The number of anilines is 1. The van der Waals surface area contributed by atoms with Gasteiger partial charge in [0, 0.05) is 17.3 Å². The second-order valence-electron chi connectivity index (χ2n) is 3.58. The largest absolute Gasteiger partial charge is 0.493 e. The average Bonchev–Trinajstić information content (AvgIpc) is 2.64. The summed E-state index contributed by atoms with van der Waals surface area (Å²) in [5.41, 5.74) is 1.11. The van der Waals surface area contributed by atoms with E-state index in [-0.39, 0.29) is 5.71 Å². The fourth-order valence-electron chi connectivity index (χ4n) is 1.79. The number of carboxylic acid groups (broad SMARTS) is 1. The van der Waals surface area contributed by atoms with E-state index < -0.39 is 12.0 Å². The third-order valence-corrected chi connectivity index (χ3v) is 2.65. The molecule has 1 aromatic rings. The van der Waals surface area contributed by atoms with Gasteiger partial charge in [-0.15, -0.1) is 0 Å². The van der Waals surface area contributed by atoms with E-state index in [0.29, 0.717) is 22.7 Å². The number of fused-ring (bicyclic) bond motifs is 1. The van der Waals surface area contributed by atoms with Crippen molar-refractivity contribution in [3.05, 3.63) is 17.7 Å². The van der Waals surface area contributed by atoms with Crippen LogP contribution in [0, 0.1) is 5.41 Å². The first-order valence-corrected chi connectivity index (χ1v) is 4.92. The Labute approximate surface area is 97.7 Å². The summed E-state index contributed by atoms with van der Waals surface area (Å²) in [5.74, 6) is -0.106. The lowest BCUT2D eigenvalue weighted by Crippen LogP contribution is -2.31. The number of carbonyl (C=O) groups is 1. The average molecular weight is 236 g/mol. The fraction of sp³-hybridized carbons (Fsp3) is 0.273. The molecule has 1 aliphatic heterocycles. The van der Waals surface area contributed by atoms with Crippen LogP contribution in [0.15, 0.2) is 12.1 Å². The lowest BCUT2D eigenvalue weighted by molar-refractivity contribution is -0.136. The molecule has 90 valence electrons. The van der Waals surface area contributed by atoms with Crippen molar-refractivity contribution in [2.45, 2.75) is 6.04 Å². The molecule has 0 aromatic heterocycles. The van der Waals surface area contributed by atoms with Gasteiger partial charge in [-0.25, -0.2) is 4.79 Å². The minimum atomic E-state index is -1.08. The topological polar surface area (TPSA) is 91.6 Å². The van der Waals surface area contributed by atoms with E-state index in [4.69, 9.17) is 20.0 Å². The number of methoxy groups -OCH3 is 2. The molecule has 2 rings (SSSR count). The van der Waals surface area contributed by atoms with Crippen LogP contribution in [0.2, 0.25) is 0 Å². The van der Waals surface area contributed by atoms with Gasteiger partial charge in [-0.1, -0.05) is 0 Å². The molecule has 17 heavy (non-hydrogen) atoms. The van der Waals surface area contributed by atoms with E-state index in [0.717, 1.165) is 0 Å². The van der Waals surface area contributed by atoms with Crippen molar-refractivity contribution in [2.75, 3.05) is 19.5 Å². The summed E-state index contributed by atoms with van der Waals surface area (Å²) >= 11 is 0. The molecule has 0 bridgehead atoms. The predicted octanol–water partition coefficient (Wildman–Crippen LogP) is 0.950. The number of hydrogen-bond donors (Lipinski definition) is 3. The van der Waals surface area contributed by atoms with Crippen LogP contribution in [-0.4, -0.2) is 37.0 Å². The lowest BCUT2D eigenvalue weighted by atomic mass is 10.1. The van der Waals surface area contributed by atoms with Crippen LogP contribution < -0.4 is 14.8 Å². The van der Waals surface area contributed by atoms with E-state index in [1.54, 1.807) is 12.1 Å². The number of aliphatic carboxylic acids is 1. The van der Waals surface area contributed by atoms with Crippen LogP contribution in [0.1, 0.15) is 5.56 Å². The maximum Gasteiger partial charge on any atom is 0.332 e. The molecule has 0 radical (unpaired) electrons. The molecule has 1 aliphatic rings. The molecule has 0 amide bonds. The van der Waals surface area contributed by atoms with Gasteiger partial charge in [0.2, 0.25) is 0 Å². The summed E-state index contributed by atoms with van der Waals surface area (Å²) in [6, 6.07) is 2.22. The first kappa shape index (κ1) is 11.3. The molecule has 6 nitrogen and oxygen atoms in total. The van der Waals surface area contributed by atoms with Crippen molar-refractivity contribution in [3.63, 3.8) is 0 Å². The summed E-state index contributed by atoms with van der Waals surface area (Å²) in [4.78, 5) is 10.9. The van der Waals surface area contributed by atoms with Gasteiger partial charge < -0.3 is 25.3 Å². The number of nitrogens with one attached hydrogen (secondary N) is 2. The Morgan fingerprint density at radius 1 is 1.35 bits per heavy atom. The van der Waals surface area contributed by atoms with Gasteiger partial charge in [0.05, 0.1) is 19.9 Å². The van der Waals surface area contributed by atoms with Crippen molar-refractivity contribution < 1.29 is 19.4 Å². The zero-order chi connectivity index (χ0) is 12.6. The van der Waals surface area contributed by atoms with Gasteiger partial charge >= 0.3 is 5.97 Å². The van der Waals surface area contributed by atoms with Crippen molar-refractivity contribution in [1.82, 2.24) is 0 Å². The highest BCUT2D eigenvalue weighted by Gasteiger charge is 2.33. The van der Waals surface area contributed by atoms with Crippen LogP contribution >= 0.6 is 0 Å². The van der Waals surface area contributed by atoms with E-state index in [9.17, 15) is 4.79 Å². The molecule has 0 aliphatic carbocycles. The molecule has 1 aromatic carbocycles. The van der Waals surface area contributed by atoms with Crippen LogP contribution in [0.3, 0.4) is 0 Å². The molecule has 1 atom stereocenters. The molecule has 0 saturated heterocycles. The normalized spacial score (nSPS) is 17.3. The first-order valence-electron chi connectivity index (χ1n) is 4.92. The third-order valence-electron chi connectivity index (χ3n) is 2.65. The Hall–Kier alpha value is -2.24. The molecule has 1 heterocycles. The lowest BCUT2D eigenvalue weighted by Gasteiger charge is -2.09. The Kier molecular flexibility index (Phi) is 2.63. The van der Waals surface area contributed by atoms with Gasteiger partial charge in [0.1, 0.15) is 0 Å². The summed E-state index contributed by atoms with van der Waals surface area (Å²) < 4.78 is 10.2. The summed E-state index contributed by atoms with van der Waals surface area (Å²) in [6.07, 6.45) is 0. The highest BCUT2D eigenvalue weighted by Crippen LogP contribution is 2.37. The predicted molar refractivity (Wildman–Crippen MR) is 61.4 cm³/mol. The molecular weight excluding hydrogens is 224 g/mol. The summed E-state index contributed by atoms with van der Waals surface area (Å²) in [7, 11) is 2.99. The summed E-state index contributed by atoms with van der Waals surface area (Å²) in [6.45, 7) is 0. The maximum atomic E-state index is 10.9. The van der Waals surface area contributed by atoms with E-state index in [2.05, 4.69) is 5.32 Å². The Balaban J connectivity index is 2.49. The van der Waals surface area contributed by atoms with Crippen molar-refractivity contribution in [3.8, 4) is 11.5 Å². The highest BCUT2D eigenvalue weighted by atomic mass is 16.5. The van der Waals surface area contributed by atoms with Crippen molar-refractivity contribution in [2.24, 2.45) is 0 Å². The van der Waals surface area contributed by atoms with E-state index >= 15 is 0 Å². The Morgan fingerprint density at radius 2 is 1.94 bits per heavy atom. The van der Waals surface area contributed by atoms with Crippen LogP contribution in [0.4, 0.5) is 5.69 Å². The van der Waals surface area contributed by atoms with E-state index in [1.807, 2.05) is 0 Å². The monoisotopic (exact) mass is 236 g/mol. The number of carboxylic acids is 1. The molecular formula is C11H12N2O4. The standard InChI is InChI=1S/C11H12N2O4/c1-16-7-3-5-6(4-8(7)17-2)13-10(9(5)12)11(14)15/h3-4,10,12-13H,1-2H3,(H,14,15)/t10-/m1/s1. The van der Waals surface area contributed by atoms with Crippen LogP contribution in [0.5, 0.6) is 11.5 Å². The van der Waals surface area contributed by atoms with Gasteiger partial charge in [-0.3, -0.25) is 0 Å². The quantitative estimate of drug-likeness (QED) is 0.726. The minimum absolute atomic E-state index is 0.0217. The number of rotatable bonds is 3. The number of hydrogen-bond acceptors (Lipinski definition) is 5. The fourth-order valence-corrected chi connectivity index (χ4v) is 1.79. The molecule has 6 heteroatoms. The van der Waals surface area contributed by atoms with Crippen LogP contribution in [0.25, 0.3) is 0 Å². The zero-order valence-electron chi connectivity index (χ0n) is 9.40. The zero-order valence-corrected chi connectivity index (χ0v) is 9.40. The van der Waals surface area contributed by atoms with Gasteiger partial charge in [0.25, 0.3) is 0 Å². The van der Waals surface area contributed by atoms with Gasteiger partial charge in [-0.05, 0) is 6.07 Å². The molecule has 0 unspecified atom stereocenters. The molecule has 0 fully saturated rings. The van der Waals surface area contributed by atoms with Gasteiger partial charge in [0.15, 0.2) is 17.5 Å². The second-order valence-corrected chi connectivity index (χ2v) is 3.58.